The van der Waals surface area contributed by atoms with Gasteiger partial charge in [0.2, 0.25) is 5.95 Å². The minimum absolute atomic E-state index is 0.0140. The highest BCUT2D eigenvalue weighted by atomic mass is 16.6. The normalized spacial score (nSPS) is 14.9. The third-order valence-electron chi connectivity index (χ3n) is 4.33. The van der Waals surface area contributed by atoms with Crippen molar-refractivity contribution in [3.8, 4) is 0 Å². The molecule has 2 aromatic heterocycles. The first-order valence-electron chi connectivity index (χ1n) is 12.2. The number of nitrogens with zero attached hydrogens (tertiary/aromatic N) is 3. The van der Waals surface area contributed by atoms with E-state index in [1.165, 1.54) is 10.9 Å². The van der Waals surface area contributed by atoms with Crippen LogP contribution in [0.2, 0.25) is 0 Å². The van der Waals surface area contributed by atoms with Crippen LogP contribution in [-0.2, 0) is 34.2 Å². The molecule has 3 N–H and O–H groups in total. The van der Waals surface area contributed by atoms with Crippen molar-refractivity contribution in [2.75, 3.05) is 18.9 Å². The largest absolute Gasteiger partial charge is 0.374 e. The first-order chi connectivity index (χ1) is 17.5. The standard InChI is InChI=1S/C23H25N5O4/c24-23-26-21-20(22(29)27-23)25-15-28(21)16-32-19(13-30-11-17-7-3-1-4-8-17)14-31-12-18-9-5-2-6-10-18/h1-10,15,19H,11-14,16H2,(H3,24,26,27,29)/i13D2,14D2,19D. The van der Waals surface area contributed by atoms with Gasteiger partial charge in [-0.25, -0.2) is 4.98 Å². The summed E-state index contributed by atoms with van der Waals surface area (Å²) < 4.78 is 60.5. The lowest BCUT2D eigenvalue weighted by Crippen LogP contribution is -2.27. The Bertz CT molecular complexity index is 1340. The third-order valence-corrected chi connectivity index (χ3v) is 4.33. The van der Waals surface area contributed by atoms with Gasteiger partial charge in [0.05, 0.1) is 39.5 Å². The van der Waals surface area contributed by atoms with Gasteiger partial charge in [0.1, 0.15) is 12.8 Å². The van der Waals surface area contributed by atoms with E-state index in [9.17, 15) is 4.79 Å². The number of ether oxygens (including phenoxy) is 3. The maximum Gasteiger partial charge on any atom is 0.280 e. The number of nitrogens with one attached hydrogen (secondary N) is 1. The van der Waals surface area contributed by atoms with E-state index >= 15 is 0 Å². The van der Waals surface area contributed by atoms with Crippen molar-refractivity contribution >= 4 is 17.1 Å². The molecule has 0 unspecified atom stereocenters. The number of aromatic amines is 1. The van der Waals surface area contributed by atoms with Crippen molar-refractivity contribution < 1.29 is 21.1 Å². The van der Waals surface area contributed by atoms with Gasteiger partial charge in [-0.2, -0.15) is 4.98 Å². The van der Waals surface area contributed by atoms with Crippen molar-refractivity contribution in [1.29, 1.82) is 0 Å². The molecule has 0 spiro atoms. The molecule has 0 bridgehead atoms. The van der Waals surface area contributed by atoms with E-state index < -0.39 is 31.5 Å². The van der Waals surface area contributed by atoms with Crippen molar-refractivity contribution in [3.05, 3.63) is 88.5 Å². The third kappa shape index (κ3) is 5.79. The van der Waals surface area contributed by atoms with Gasteiger partial charge >= 0.3 is 0 Å². The number of imidazole rings is 1. The fraction of sp³-hybridized carbons (Fsp3) is 0.261. The van der Waals surface area contributed by atoms with Crippen molar-refractivity contribution in [3.63, 3.8) is 0 Å². The number of anilines is 1. The molecule has 0 saturated heterocycles. The Morgan fingerprint density at radius 3 is 2.22 bits per heavy atom. The molecule has 2 heterocycles. The Labute approximate surface area is 191 Å². The van der Waals surface area contributed by atoms with Gasteiger partial charge in [-0.05, 0) is 11.1 Å². The second-order valence-corrected chi connectivity index (χ2v) is 6.69. The van der Waals surface area contributed by atoms with E-state index in [1.54, 1.807) is 60.7 Å². The van der Waals surface area contributed by atoms with Crippen LogP contribution in [0.1, 0.15) is 18.0 Å². The van der Waals surface area contributed by atoms with Gasteiger partial charge < -0.3 is 19.9 Å². The molecule has 0 radical (unpaired) electrons. The summed E-state index contributed by atoms with van der Waals surface area (Å²) in [7, 11) is 0. The van der Waals surface area contributed by atoms with Crippen LogP contribution in [0, 0.1) is 0 Å². The minimum Gasteiger partial charge on any atom is -0.374 e. The number of nitrogen functional groups attached to an aromatic ring is 1. The van der Waals surface area contributed by atoms with Crippen molar-refractivity contribution in [2.24, 2.45) is 0 Å². The molecule has 0 aliphatic rings. The van der Waals surface area contributed by atoms with Crippen LogP contribution in [-0.4, -0.2) is 38.7 Å². The maximum absolute atomic E-state index is 12.1. The van der Waals surface area contributed by atoms with E-state index in [4.69, 9.17) is 26.8 Å². The lowest BCUT2D eigenvalue weighted by atomic mass is 10.2. The van der Waals surface area contributed by atoms with Gasteiger partial charge in [0, 0.05) is 0 Å². The monoisotopic (exact) mass is 440 g/mol. The predicted molar refractivity (Wildman–Crippen MR) is 120 cm³/mol. The Morgan fingerprint density at radius 2 is 1.62 bits per heavy atom. The van der Waals surface area contributed by atoms with Crippen LogP contribution < -0.4 is 11.3 Å². The van der Waals surface area contributed by atoms with Crippen LogP contribution in [0.25, 0.3) is 11.2 Å². The summed E-state index contributed by atoms with van der Waals surface area (Å²) in [5.41, 5.74) is 6.20. The smallest absolute Gasteiger partial charge is 0.280 e. The average molecular weight is 441 g/mol. The van der Waals surface area contributed by atoms with Gasteiger partial charge in [0.25, 0.3) is 5.56 Å². The maximum atomic E-state index is 12.1. The van der Waals surface area contributed by atoms with Gasteiger partial charge in [0.15, 0.2) is 11.2 Å². The first kappa shape index (κ1) is 16.2. The number of hydrogen-bond donors (Lipinski definition) is 2. The lowest BCUT2D eigenvalue weighted by molar-refractivity contribution is -0.0866. The molecule has 0 atom stereocenters. The molecule has 4 rings (SSSR count). The van der Waals surface area contributed by atoms with E-state index in [-0.39, 0.29) is 30.3 Å². The number of rotatable bonds is 11. The highest BCUT2D eigenvalue weighted by Gasteiger charge is 2.14. The zero-order chi connectivity index (χ0) is 26.7. The Kier molecular flexibility index (Phi) is 5.39. The lowest BCUT2D eigenvalue weighted by Gasteiger charge is -2.19. The highest BCUT2D eigenvalue weighted by molar-refractivity contribution is 5.70. The van der Waals surface area contributed by atoms with Crippen LogP contribution in [0.4, 0.5) is 5.95 Å². The topological polar surface area (TPSA) is 117 Å². The number of hydrogen-bond acceptors (Lipinski definition) is 7. The van der Waals surface area contributed by atoms with E-state index in [0.29, 0.717) is 11.1 Å². The zero-order valence-corrected chi connectivity index (χ0v) is 17.0. The number of fused-ring (bicyclic) bond motifs is 1. The molecule has 9 heteroatoms. The summed E-state index contributed by atoms with van der Waals surface area (Å²) >= 11 is 0. The fourth-order valence-corrected chi connectivity index (χ4v) is 2.80. The van der Waals surface area contributed by atoms with E-state index in [0.717, 1.165) is 0 Å². The summed E-state index contributed by atoms with van der Waals surface area (Å²) in [6.45, 7) is -7.15. The van der Waals surface area contributed by atoms with Gasteiger partial charge in [-0.3, -0.25) is 14.3 Å². The number of aromatic nitrogens is 4. The first-order valence-corrected chi connectivity index (χ1v) is 9.73. The Hall–Kier alpha value is -3.53. The quantitative estimate of drug-likeness (QED) is 0.368. The second-order valence-electron chi connectivity index (χ2n) is 6.69. The molecular weight excluding hydrogens is 410 g/mol. The van der Waals surface area contributed by atoms with Crippen LogP contribution in [0.5, 0.6) is 0 Å². The molecule has 0 fully saturated rings. The molecule has 32 heavy (non-hydrogen) atoms. The highest BCUT2D eigenvalue weighted by Crippen LogP contribution is 2.10. The number of nitrogens with two attached hydrogens (primary N) is 1. The molecule has 9 nitrogen and oxygen atoms in total. The van der Waals surface area contributed by atoms with E-state index in [1.807, 2.05) is 0 Å². The Balaban J connectivity index is 1.63. The Morgan fingerprint density at radius 1 is 1.03 bits per heavy atom. The molecule has 0 aliphatic carbocycles. The molecule has 0 aliphatic heterocycles. The van der Waals surface area contributed by atoms with Crippen LogP contribution in [0.15, 0.2) is 71.8 Å². The second kappa shape index (κ2) is 10.7. The van der Waals surface area contributed by atoms with Gasteiger partial charge in [-0.1, -0.05) is 60.7 Å². The van der Waals surface area contributed by atoms with Crippen LogP contribution in [0.3, 0.4) is 0 Å². The zero-order valence-electron chi connectivity index (χ0n) is 22.0. The fourth-order valence-electron chi connectivity index (χ4n) is 2.80. The summed E-state index contributed by atoms with van der Waals surface area (Å²) in [5.74, 6) is -0.181. The summed E-state index contributed by atoms with van der Waals surface area (Å²) in [6.07, 6.45) is -1.86. The summed E-state index contributed by atoms with van der Waals surface area (Å²) in [4.78, 5) is 22.3. The van der Waals surface area contributed by atoms with Crippen LogP contribution >= 0.6 is 0 Å². The molecule has 0 saturated carbocycles. The molecular formula is C23H25N5O4. The minimum atomic E-state index is -3.05. The SMILES string of the molecule is [2H]C([2H])(OCc1ccccc1)C([2H])(OCn1cnc2c(=O)[nH]c(N)nc21)C([2H])([2H])OCc1ccccc1. The number of H-pyrrole nitrogens is 1. The molecule has 2 aromatic carbocycles. The van der Waals surface area contributed by atoms with Crippen molar-refractivity contribution in [2.45, 2.75) is 26.0 Å². The average Bonchev–Trinajstić information content (AvgIpc) is 3.29. The summed E-state index contributed by atoms with van der Waals surface area (Å²) in [6, 6.07) is 17.3. The summed E-state index contributed by atoms with van der Waals surface area (Å²) in [5, 5.41) is 0. The molecule has 0 amide bonds. The van der Waals surface area contributed by atoms with Gasteiger partial charge in [-0.15, -0.1) is 0 Å². The predicted octanol–water partition coefficient (Wildman–Crippen LogP) is 2.48. The van der Waals surface area contributed by atoms with E-state index in [2.05, 4.69) is 15.0 Å². The van der Waals surface area contributed by atoms with Crippen molar-refractivity contribution in [1.82, 2.24) is 19.5 Å². The molecule has 166 valence electrons. The molecule has 4 aromatic rings. The number of benzene rings is 2.